The van der Waals surface area contributed by atoms with E-state index in [2.05, 4.69) is 15.9 Å². The zero-order valence-corrected chi connectivity index (χ0v) is 13.2. The van der Waals surface area contributed by atoms with Gasteiger partial charge in [0.25, 0.3) is 0 Å². The van der Waals surface area contributed by atoms with Crippen LogP contribution in [0.4, 0.5) is 8.78 Å². The van der Waals surface area contributed by atoms with Crippen LogP contribution in [0, 0.1) is 11.6 Å². The highest BCUT2D eigenvalue weighted by Gasteiger charge is 2.24. The van der Waals surface area contributed by atoms with Crippen molar-refractivity contribution in [1.82, 2.24) is 4.90 Å². The molecule has 1 aromatic rings. The van der Waals surface area contributed by atoms with Gasteiger partial charge in [0.05, 0.1) is 19.1 Å². The van der Waals surface area contributed by atoms with Gasteiger partial charge in [0.15, 0.2) is 0 Å². The normalized spacial score (nSPS) is 16.2. The number of benzene rings is 1. The monoisotopic (exact) mass is 361 g/mol. The van der Waals surface area contributed by atoms with E-state index in [9.17, 15) is 13.6 Å². The van der Waals surface area contributed by atoms with Crippen LogP contribution >= 0.6 is 15.9 Å². The number of hydrogen-bond acceptors (Lipinski definition) is 2. The predicted molar refractivity (Wildman–Crippen MR) is 79.4 cm³/mol. The van der Waals surface area contributed by atoms with E-state index < -0.39 is 11.6 Å². The summed E-state index contributed by atoms with van der Waals surface area (Å²) >= 11 is 3.30. The predicted octanol–water partition coefficient (Wildman–Crippen LogP) is 2.91. The van der Waals surface area contributed by atoms with E-state index in [1.807, 2.05) is 0 Å². The van der Waals surface area contributed by atoms with Crippen LogP contribution in [0.2, 0.25) is 0 Å². The van der Waals surface area contributed by atoms with Crippen molar-refractivity contribution in [3.63, 3.8) is 0 Å². The fraction of sp³-hybridized carbons (Fsp3) is 0.533. The van der Waals surface area contributed by atoms with Gasteiger partial charge in [-0.15, -0.1) is 0 Å². The largest absolute Gasteiger partial charge is 0.377 e. The maximum absolute atomic E-state index is 13.5. The summed E-state index contributed by atoms with van der Waals surface area (Å²) in [4.78, 5) is 13.8. The molecule has 0 aromatic heterocycles. The number of ether oxygens (including phenoxy) is 1. The molecule has 1 saturated heterocycles. The number of rotatable bonds is 5. The van der Waals surface area contributed by atoms with E-state index in [4.69, 9.17) is 4.74 Å². The molecule has 116 valence electrons. The molecule has 2 rings (SSSR count). The van der Waals surface area contributed by atoms with Crippen molar-refractivity contribution in [1.29, 1.82) is 0 Å². The van der Waals surface area contributed by atoms with E-state index in [0.717, 1.165) is 18.2 Å². The molecule has 0 atom stereocenters. The Labute approximate surface area is 131 Å². The summed E-state index contributed by atoms with van der Waals surface area (Å²) in [7, 11) is 0. The lowest BCUT2D eigenvalue weighted by Gasteiger charge is -2.32. The molecule has 6 heteroatoms. The van der Waals surface area contributed by atoms with Crippen LogP contribution in [0.15, 0.2) is 18.2 Å². The second-order valence-corrected chi connectivity index (χ2v) is 5.81. The van der Waals surface area contributed by atoms with Crippen LogP contribution in [0.5, 0.6) is 0 Å². The summed E-state index contributed by atoms with van der Waals surface area (Å²) in [5.74, 6) is -1.57. The third-order valence-corrected chi connectivity index (χ3v) is 3.94. The van der Waals surface area contributed by atoms with Crippen LogP contribution < -0.4 is 0 Å². The first-order valence-corrected chi connectivity index (χ1v) is 8.12. The minimum atomic E-state index is -0.668. The van der Waals surface area contributed by atoms with Crippen LogP contribution in [-0.4, -0.2) is 41.9 Å². The number of amides is 1. The number of nitrogens with zero attached hydrogens (tertiary/aromatic N) is 1. The second kappa shape index (κ2) is 7.84. The first-order chi connectivity index (χ1) is 10.1. The molecule has 0 N–H and O–H groups in total. The second-order valence-electron chi connectivity index (χ2n) is 5.02. The van der Waals surface area contributed by atoms with Gasteiger partial charge >= 0.3 is 0 Å². The van der Waals surface area contributed by atoms with Crippen molar-refractivity contribution in [2.24, 2.45) is 0 Å². The Kier molecular flexibility index (Phi) is 6.11. The average Bonchev–Trinajstić information content (AvgIpc) is 2.49. The lowest BCUT2D eigenvalue weighted by atomic mass is 10.1. The van der Waals surface area contributed by atoms with Gasteiger partial charge in [-0.1, -0.05) is 22.0 Å². The average molecular weight is 362 g/mol. The number of carbonyl (C=O) groups excluding carboxylic acids is 1. The van der Waals surface area contributed by atoms with Gasteiger partial charge in [0, 0.05) is 24.0 Å². The van der Waals surface area contributed by atoms with Crippen molar-refractivity contribution in [3.8, 4) is 0 Å². The van der Waals surface area contributed by atoms with Crippen molar-refractivity contribution >= 4 is 21.8 Å². The first-order valence-electron chi connectivity index (χ1n) is 7.00. The Hall–Kier alpha value is -1.01. The molecule has 21 heavy (non-hydrogen) atoms. The van der Waals surface area contributed by atoms with Crippen LogP contribution in [0.3, 0.4) is 0 Å². The lowest BCUT2D eigenvalue weighted by Crippen LogP contribution is -2.41. The van der Waals surface area contributed by atoms with Crippen LogP contribution in [0.25, 0.3) is 0 Å². The van der Waals surface area contributed by atoms with E-state index >= 15 is 0 Å². The van der Waals surface area contributed by atoms with E-state index in [-0.39, 0.29) is 24.0 Å². The SMILES string of the molecule is O=C(Cc1c(F)cccc1F)N1CCC(OCCBr)CC1. The maximum Gasteiger partial charge on any atom is 0.227 e. The topological polar surface area (TPSA) is 29.5 Å². The summed E-state index contributed by atoms with van der Waals surface area (Å²) in [6, 6.07) is 3.64. The molecule has 0 unspecified atom stereocenters. The van der Waals surface area contributed by atoms with Gasteiger partial charge in [0.2, 0.25) is 5.91 Å². The Balaban J connectivity index is 1.88. The van der Waals surface area contributed by atoms with Crippen molar-refractivity contribution in [2.75, 3.05) is 25.0 Å². The number of alkyl halides is 1. The molecule has 0 bridgehead atoms. The Morgan fingerprint density at radius 2 is 1.90 bits per heavy atom. The molecular weight excluding hydrogens is 344 g/mol. The van der Waals surface area contributed by atoms with Crippen molar-refractivity contribution in [2.45, 2.75) is 25.4 Å². The fourth-order valence-corrected chi connectivity index (χ4v) is 2.63. The van der Waals surface area contributed by atoms with E-state index in [1.165, 1.54) is 18.2 Å². The molecule has 0 radical (unpaired) electrons. The van der Waals surface area contributed by atoms with E-state index in [1.54, 1.807) is 4.90 Å². The number of hydrogen-bond donors (Lipinski definition) is 0. The smallest absolute Gasteiger partial charge is 0.227 e. The van der Waals surface area contributed by atoms with Crippen molar-refractivity contribution in [3.05, 3.63) is 35.4 Å². The summed E-state index contributed by atoms with van der Waals surface area (Å²) in [6.07, 6.45) is 1.46. The molecular formula is C15H18BrF2NO2. The van der Waals surface area contributed by atoms with Gasteiger partial charge < -0.3 is 9.64 Å². The fourth-order valence-electron chi connectivity index (χ4n) is 2.45. The first kappa shape index (κ1) is 16.4. The quantitative estimate of drug-likeness (QED) is 0.754. The molecule has 1 aromatic carbocycles. The molecule has 1 aliphatic rings. The van der Waals surface area contributed by atoms with Crippen molar-refractivity contribution < 1.29 is 18.3 Å². The number of likely N-dealkylation sites (tertiary alicyclic amines) is 1. The molecule has 1 aliphatic heterocycles. The molecule has 1 fully saturated rings. The van der Waals surface area contributed by atoms with Gasteiger partial charge in [-0.3, -0.25) is 4.79 Å². The van der Waals surface area contributed by atoms with Crippen LogP contribution in [-0.2, 0) is 16.0 Å². The highest BCUT2D eigenvalue weighted by Crippen LogP contribution is 2.17. The molecule has 0 spiro atoms. The molecule has 1 heterocycles. The Morgan fingerprint density at radius 3 is 2.48 bits per heavy atom. The zero-order valence-electron chi connectivity index (χ0n) is 11.7. The minimum Gasteiger partial charge on any atom is -0.377 e. The minimum absolute atomic E-state index is 0.153. The molecule has 3 nitrogen and oxygen atoms in total. The van der Waals surface area contributed by atoms with Crippen LogP contribution in [0.1, 0.15) is 18.4 Å². The van der Waals surface area contributed by atoms with Gasteiger partial charge in [-0.05, 0) is 25.0 Å². The molecule has 1 amide bonds. The number of halogens is 3. The van der Waals surface area contributed by atoms with E-state index in [0.29, 0.717) is 19.7 Å². The highest BCUT2D eigenvalue weighted by atomic mass is 79.9. The standard InChI is InChI=1S/C15H18BrF2NO2/c16-6-9-21-11-4-7-19(8-5-11)15(20)10-12-13(17)2-1-3-14(12)18/h1-3,11H,4-10H2. The summed E-state index contributed by atoms with van der Waals surface area (Å²) < 4.78 is 32.7. The van der Waals surface area contributed by atoms with Gasteiger partial charge in [0.1, 0.15) is 11.6 Å². The maximum atomic E-state index is 13.5. The Bertz CT molecular complexity index is 470. The lowest BCUT2D eigenvalue weighted by molar-refractivity contribution is -0.133. The molecule has 0 saturated carbocycles. The highest BCUT2D eigenvalue weighted by molar-refractivity contribution is 9.09. The zero-order chi connectivity index (χ0) is 15.2. The summed E-state index contributed by atoms with van der Waals surface area (Å²) in [5.41, 5.74) is -0.153. The third kappa shape index (κ3) is 4.48. The number of carbonyl (C=O) groups is 1. The van der Waals surface area contributed by atoms with Gasteiger partial charge in [-0.25, -0.2) is 8.78 Å². The number of piperidine rings is 1. The summed E-state index contributed by atoms with van der Waals surface area (Å²) in [5, 5.41) is 0.790. The summed E-state index contributed by atoms with van der Waals surface area (Å²) in [6.45, 7) is 1.79. The molecule has 0 aliphatic carbocycles. The Morgan fingerprint density at radius 1 is 1.29 bits per heavy atom. The third-order valence-electron chi connectivity index (χ3n) is 3.62. The van der Waals surface area contributed by atoms with Gasteiger partial charge in [-0.2, -0.15) is 0 Å².